The van der Waals surface area contributed by atoms with E-state index in [4.69, 9.17) is 4.74 Å². The van der Waals surface area contributed by atoms with Crippen LogP contribution in [0.25, 0.3) is 0 Å². The lowest BCUT2D eigenvalue weighted by Gasteiger charge is -2.28. The predicted molar refractivity (Wildman–Crippen MR) is 114 cm³/mol. The van der Waals surface area contributed by atoms with Crippen molar-refractivity contribution in [1.82, 2.24) is 9.80 Å². The lowest BCUT2D eigenvalue weighted by Crippen LogP contribution is -2.49. The maximum absolute atomic E-state index is 12.8. The highest BCUT2D eigenvalue weighted by atomic mass is 16.5. The van der Waals surface area contributed by atoms with Crippen molar-refractivity contribution in [3.05, 3.63) is 71.3 Å². The summed E-state index contributed by atoms with van der Waals surface area (Å²) in [4.78, 5) is 53.4. The van der Waals surface area contributed by atoms with Crippen LogP contribution in [0.15, 0.2) is 54.6 Å². The van der Waals surface area contributed by atoms with E-state index >= 15 is 0 Å². The van der Waals surface area contributed by atoms with Gasteiger partial charge in [-0.05, 0) is 30.5 Å². The molecule has 0 spiro atoms. The summed E-state index contributed by atoms with van der Waals surface area (Å²) in [7, 11) is 1.64. The number of nitrogens with zero attached hydrogens (tertiary/aromatic N) is 2. The van der Waals surface area contributed by atoms with Crippen LogP contribution in [-0.4, -0.2) is 53.2 Å². The summed E-state index contributed by atoms with van der Waals surface area (Å²) in [6.07, 6.45) is 0. The van der Waals surface area contributed by atoms with Crippen molar-refractivity contribution in [2.75, 3.05) is 13.7 Å². The Balaban J connectivity index is 1.69. The van der Waals surface area contributed by atoms with Gasteiger partial charge in [0.2, 0.25) is 0 Å². The van der Waals surface area contributed by atoms with Gasteiger partial charge >= 0.3 is 5.97 Å². The molecule has 162 valence electrons. The minimum atomic E-state index is -1.11. The number of fused-ring (bicyclic) bond motifs is 1. The molecule has 1 aliphatic heterocycles. The molecule has 0 aromatic heterocycles. The lowest BCUT2D eigenvalue weighted by molar-refractivity contribution is -0.156. The van der Waals surface area contributed by atoms with E-state index in [1.54, 1.807) is 45.2 Å². The first-order chi connectivity index (χ1) is 14.7. The third kappa shape index (κ3) is 4.35. The van der Waals surface area contributed by atoms with Crippen LogP contribution in [0, 0.1) is 5.92 Å². The van der Waals surface area contributed by atoms with Crippen LogP contribution >= 0.6 is 0 Å². The topological polar surface area (TPSA) is 84.0 Å². The van der Waals surface area contributed by atoms with Gasteiger partial charge < -0.3 is 9.64 Å². The number of imide groups is 1. The van der Waals surface area contributed by atoms with Gasteiger partial charge in [0.05, 0.1) is 17.2 Å². The molecular formula is C24H26N2O5. The molecule has 2 atom stereocenters. The monoisotopic (exact) mass is 422 g/mol. The van der Waals surface area contributed by atoms with Crippen molar-refractivity contribution >= 4 is 23.7 Å². The van der Waals surface area contributed by atoms with Crippen molar-refractivity contribution in [2.24, 2.45) is 5.92 Å². The molecule has 0 fully saturated rings. The van der Waals surface area contributed by atoms with Crippen LogP contribution < -0.4 is 0 Å². The first-order valence-electron chi connectivity index (χ1n) is 10.2. The number of benzene rings is 2. The van der Waals surface area contributed by atoms with Crippen molar-refractivity contribution in [1.29, 1.82) is 0 Å². The normalized spacial score (nSPS) is 14.9. The van der Waals surface area contributed by atoms with Crippen molar-refractivity contribution in [3.8, 4) is 0 Å². The van der Waals surface area contributed by atoms with Gasteiger partial charge in [-0.2, -0.15) is 0 Å². The maximum atomic E-state index is 12.8. The molecule has 0 N–H and O–H groups in total. The molecule has 2 aromatic carbocycles. The van der Waals surface area contributed by atoms with Gasteiger partial charge in [-0.15, -0.1) is 0 Å². The Bertz CT molecular complexity index is 967. The zero-order chi connectivity index (χ0) is 22.7. The number of ether oxygens (including phenoxy) is 1. The average molecular weight is 422 g/mol. The predicted octanol–water partition coefficient (Wildman–Crippen LogP) is 3.07. The number of rotatable bonds is 7. The Morgan fingerprint density at radius 2 is 1.42 bits per heavy atom. The third-order valence-corrected chi connectivity index (χ3v) is 5.57. The molecule has 7 nitrogen and oxygen atoms in total. The molecule has 7 heteroatoms. The van der Waals surface area contributed by atoms with E-state index in [1.165, 1.54) is 4.90 Å². The maximum Gasteiger partial charge on any atom is 0.330 e. The highest BCUT2D eigenvalue weighted by molar-refractivity contribution is 6.22. The van der Waals surface area contributed by atoms with E-state index in [0.29, 0.717) is 0 Å². The highest BCUT2D eigenvalue weighted by Crippen LogP contribution is 2.27. The molecule has 1 heterocycles. The molecular weight excluding hydrogens is 396 g/mol. The fourth-order valence-electron chi connectivity index (χ4n) is 3.63. The number of carbonyl (C=O) groups is 4. The standard InChI is InChI=1S/C24H26N2O5/c1-15(2)21(26-22(28)18-12-8-9-13-19(18)23(26)29)24(30)31-14-20(27)25(4)16(3)17-10-6-5-7-11-17/h5-13,15-16,21H,14H2,1-4H3. The Kier molecular flexibility index (Phi) is 6.53. The highest BCUT2D eigenvalue weighted by Gasteiger charge is 2.44. The van der Waals surface area contributed by atoms with Crippen molar-refractivity contribution in [2.45, 2.75) is 32.9 Å². The van der Waals surface area contributed by atoms with E-state index in [0.717, 1.165) is 10.5 Å². The summed E-state index contributed by atoms with van der Waals surface area (Å²) in [6, 6.07) is 14.6. The SMILES string of the molecule is CC(C)C(C(=O)OCC(=O)N(C)C(C)c1ccccc1)N1C(=O)c2ccccc2C1=O. The third-order valence-electron chi connectivity index (χ3n) is 5.57. The Labute approximate surface area is 181 Å². The fourth-order valence-corrected chi connectivity index (χ4v) is 3.63. The van der Waals surface area contributed by atoms with Gasteiger partial charge in [-0.25, -0.2) is 4.79 Å². The van der Waals surface area contributed by atoms with Gasteiger partial charge in [0.1, 0.15) is 6.04 Å². The summed E-state index contributed by atoms with van der Waals surface area (Å²) in [5.74, 6) is -2.60. The summed E-state index contributed by atoms with van der Waals surface area (Å²) >= 11 is 0. The smallest absolute Gasteiger partial charge is 0.330 e. The number of hydrogen-bond donors (Lipinski definition) is 0. The van der Waals surface area contributed by atoms with Crippen LogP contribution in [0.2, 0.25) is 0 Å². The van der Waals surface area contributed by atoms with Crippen LogP contribution in [0.5, 0.6) is 0 Å². The number of carbonyl (C=O) groups excluding carboxylic acids is 4. The lowest BCUT2D eigenvalue weighted by atomic mass is 10.0. The van der Waals surface area contributed by atoms with E-state index in [2.05, 4.69) is 0 Å². The van der Waals surface area contributed by atoms with Gasteiger partial charge in [0.25, 0.3) is 17.7 Å². The average Bonchev–Trinajstić information content (AvgIpc) is 3.02. The number of hydrogen-bond acceptors (Lipinski definition) is 5. The van der Waals surface area contributed by atoms with Crippen molar-refractivity contribution < 1.29 is 23.9 Å². The Morgan fingerprint density at radius 3 is 1.94 bits per heavy atom. The number of esters is 1. The molecule has 3 rings (SSSR count). The Hall–Kier alpha value is -3.48. The molecule has 0 bridgehead atoms. The van der Waals surface area contributed by atoms with E-state index < -0.39 is 30.4 Å². The molecule has 0 aliphatic carbocycles. The molecule has 0 saturated heterocycles. The number of likely N-dealkylation sites (N-methyl/N-ethyl adjacent to an activating group) is 1. The largest absolute Gasteiger partial charge is 0.454 e. The zero-order valence-electron chi connectivity index (χ0n) is 18.1. The summed E-state index contributed by atoms with van der Waals surface area (Å²) in [5.41, 5.74) is 1.48. The summed E-state index contributed by atoms with van der Waals surface area (Å²) < 4.78 is 5.27. The first-order valence-corrected chi connectivity index (χ1v) is 10.2. The van der Waals surface area contributed by atoms with E-state index in [1.807, 2.05) is 37.3 Å². The van der Waals surface area contributed by atoms with Crippen LogP contribution in [0.3, 0.4) is 0 Å². The van der Waals surface area contributed by atoms with Crippen LogP contribution in [0.4, 0.5) is 0 Å². The summed E-state index contributed by atoms with van der Waals surface area (Å²) in [6.45, 7) is 4.85. The minimum absolute atomic E-state index is 0.204. The number of amides is 3. The van der Waals surface area contributed by atoms with E-state index in [-0.39, 0.29) is 29.0 Å². The first kappa shape index (κ1) is 22.2. The molecule has 0 saturated carbocycles. The van der Waals surface area contributed by atoms with Gasteiger partial charge in [-0.3, -0.25) is 19.3 Å². The van der Waals surface area contributed by atoms with Gasteiger partial charge in [0.15, 0.2) is 6.61 Å². The van der Waals surface area contributed by atoms with Crippen molar-refractivity contribution in [3.63, 3.8) is 0 Å². The van der Waals surface area contributed by atoms with Gasteiger partial charge in [0, 0.05) is 7.05 Å². The van der Waals surface area contributed by atoms with Crippen LogP contribution in [-0.2, 0) is 14.3 Å². The molecule has 31 heavy (non-hydrogen) atoms. The second-order valence-corrected chi connectivity index (χ2v) is 7.91. The quantitative estimate of drug-likeness (QED) is 0.506. The Morgan fingerprint density at radius 1 is 0.903 bits per heavy atom. The molecule has 2 unspecified atom stereocenters. The summed E-state index contributed by atoms with van der Waals surface area (Å²) in [5, 5.41) is 0. The zero-order valence-corrected chi connectivity index (χ0v) is 18.1. The van der Waals surface area contributed by atoms with Crippen LogP contribution in [0.1, 0.15) is 53.1 Å². The fraction of sp³-hybridized carbons (Fsp3) is 0.333. The molecule has 2 aromatic rings. The molecule has 1 aliphatic rings. The van der Waals surface area contributed by atoms with Gasteiger partial charge in [-0.1, -0.05) is 56.3 Å². The minimum Gasteiger partial charge on any atom is -0.454 e. The molecule has 3 amide bonds. The van der Waals surface area contributed by atoms with E-state index in [9.17, 15) is 19.2 Å². The second-order valence-electron chi connectivity index (χ2n) is 7.91. The second kappa shape index (κ2) is 9.12. The molecule has 0 radical (unpaired) electrons.